The van der Waals surface area contributed by atoms with Crippen LogP contribution in [0.2, 0.25) is 0 Å². The molecule has 0 bridgehead atoms. The highest BCUT2D eigenvalue weighted by molar-refractivity contribution is 6.05. The quantitative estimate of drug-likeness (QED) is 0.167. The molecule has 4 heteroatoms. The third-order valence-electron chi connectivity index (χ3n) is 13.4. The monoisotopic (exact) mass is 841 g/mol. The van der Waals surface area contributed by atoms with Crippen LogP contribution in [0.25, 0.3) is 89.4 Å². The molecule has 4 nitrogen and oxygen atoms in total. The summed E-state index contributed by atoms with van der Waals surface area (Å²) in [6.45, 7) is 0. The van der Waals surface area contributed by atoms with Gasteiger partial charge in [0.1, 0.15) is 11.5 Å². The minimum atomic E-state index is -0.565. The van der Waals surface area contributed by atoms with Gasteiger partial charge in [-0.2, -0.15) is 0 Å². The molecule has 2 heterocycles. The van der Waals surface area contributed by atoms with E-state index < -0.39 is 5.41 Å². The van der Waals surface area contributed by atoms with E-state index in [2.05, 4.69) is 200 Å². The van der Waals surface area contributed by atoms with Crippen molar-refractivity contribution in [3.8, 4) is 90.2 Å². The lowest BCUT2D eigenvalue weighted by molar-refractivity contribution is 0.436. The summed E-state index contributed by atoms with van der Waals surface area (Å²) in [5, 5.41) is 2.49. The molecule has 1 aliphatic heterocycles. The van der Waals surface area contributed by atoms with Gasteiger partial charge in [-0.1, -0.05) is 212 Å². The van der Waals surface area contributed by atoms with Crippen molar-refractivity contribution in [2.75, 3.05) is 0 Å². The molecule has 13 rings (SSSR count). The molecule has 0 saturated carbocycles. The van der Waals surface area contributed by atoms with E-state index in [1.165, 1.54) is 38.6 Å². The van der Waals surface area contributed by atoms with Crippen molar-refractivity contribution < 1.29 is 4.74 Å². The molecule has 0 N–H and O–H groups in total. The maximum absolute atomic E-state index is 6.66. The van der Waals surface area contributed by atoms with E-state index in [-0.39, 0.29) is 0 Å². The molecule has 11 aromatic rings. The Kier molecular flexibility index (Phi) is 8.72. The second-order valence-electron chi connectivity index (χ2n) is 17.1. The van der Waals surface area contributed by atoms with Gasteiger partial charge in [0.15, 0.2) is 17.5 Å². The molecule has 1 spiro atoms. The van der Waals surface area contributed by atoms with Crippen LogP contribution in [0.1, 0.15) is 22.3 Å². The van der Waals surface area contributed by atoms with Crippen LogP contribution < -0.4 is 4.74 Å². The predicted octanol–water partition coefficient (Wildman–Crippen LogP) is 15.5. The van der Waals surface area contributed by atoms with Crippen molar-refractivity contribution in [2.24, 2.45) is 0 Å². The molecule has 308 valence electrons. The van der Waals surface area contributed by atoms with Crippen LogP contribution in [0, 0.1) is 0 Å². The number of nitrogens with zero attached hydrogens (tertiary/aromatic N) is 3. The highest BCUT2D eigenvalue weighted by Crippen LogP contribution is 2.63. The molecule has 0 unspecified atom stereocenters. The summed E-state index contributed by atoms with van der Waals surface area (Å²) in [4.78, 5) is 15.0. The smallest absolute Gasteiger partial charge is 0.164 e. The maximum Gasteiger partial charge on any atom is 0.164 e. The Morgan fingerprint density at radius 2 is 0.727 bits per heavy atom. The summed E-state index contributed by atoms with van der Waals surface area (Å²) in [6.07, 6.45) is 0. The molecule has 1 aliphatic carbocycles. The minimum absolute atomic E-state index is 0.565. The molecule has 10 aromatic carbocycles. The van der Waals surface area contributed by atoms with E-state index in [9.17, 15) is 0 Å². The number of benzene rings is 10. The first-order valence-electron chi connectivity index (χ1n) is 22.4. The van der Waals surface area contributed by atoms with Crippen LogP contribution in [0.15, 0.2) is 237 Å². The van der Waals surface area contributed by atoms with Crippen molar-refractivity contribution in [2.45, 2.75) is 5.41 Å². The topological polar surface area (TPSA) is 47.9 Å². The average molecular weight is 842 g/mol. The van der Waals surface area contributed by atoms with Crippen molar-refractivity contribution in [3.05, 3.63) is 259 Å². The van der Waals surface area contributed by atoms with E-state index in [1.54, 1.807) is 0 Å². The first-order chi connectivity index (χ1) is 32.7. The number of aromatic nitrogens is 3. The van der Waals surface area contributed by atoms with Crippen LogP contribution in [0.5, 0.6) is 11.5 Å². The summed E-state index contributed by atoms with van der Waals surface area (Å²) in [6, 6.07) is 84.0. The van der Waals surface area contributed by atoms with Gasteiger partial charge in [-0.15, -0.1) is 0 Å². The Balaban J connectivity index is 0.891. The number of hydrogen-bond donors (Lipinski definition) is 0. The van der Waals surface area contributed by atoms with E-state index in [0.29, 0.717) is 17.5 Å². The lowest BCUT2D eigenvalue weighted by Crippen LogP contribution is -2.32. The molecule has 0 fully saturated rings. The van der Waals surface area contributed by atoms with E-state index in [1.807, 2.05) is 36.4 Å². The average Bonchev–Trinajstić information content (AvgIpc) is 3.69. The van der Waals surface area contributed by atoms with Gasteiger partial charge < -0.3 is 4.74 Å². The van der Waals surface area contributed by atoms with Crippen molar-refractivity contribution in [1.29, 1.82) is 0 Å². The number of rotatable bonds is 6. The zero-order valence-electron chi connectivity index (χ0n) is 35.8. The van der Waals surface area contributed by atoms with Gasteiger partial charge in [-0.3, -0.25) is 0 Å². The van der Waals surface area contributed by atoms with Crippen LogP contribution in [-0.2, 0) is 5.41 Å². The highest BCUT2D eigenvalue weighted by Gasteiger charge is 2.51. The largest absolute Gasteiger partial charge is 0.457 e. The zero-order valence-corrected chi connectivity index (χ0v) is 35.8. The first-order valence-corrected chi connectivity index (χ1v) is 22.4. The molecular formula is C62H39N3O. The van der Waals surface area contributed by atoms with E-state index >= 15 is 0 Å². The Hall–Kier alpha value is -8.73. The fourth-order valence-corrected chi connectivity index (χ4v) is 10.3. The summed E-state index contributed by atoms with van der Waals surface area (Å²) < 4.78 is 6.66. The van der Waals surface area contributed by atoms with Gasteiger partial charge >= 0.3 is 0 Å². The SMILES string of the molecule is c1ccc(-c2ccc(-c3nc(-c4ccccc4)nc(-c4ccc(-c5cccc(-c6ccc7c(c6)C6(c8ccccc8Oc8ccccc86)c6ccc8ccccc8c6-7)c5)cc4)n3)cc2)cc1. The predicted molar refractivity (Wildman–Crippen MR) is 267 cm³/mol. The lowest BCUT2D eigenvalue weighted by atomic mass is 9.66. The summed E-state index contributed by atoms with van der Waals surface area (Å²) in [7, 11) is 0. The van der Waals surface area contributed by atoms with Crippen LogP contribution in [-0.4, -0.2) is 15.0 Å². The number of ether oxygens (including phenoxy) is 1. The molecule has 0 radical (unpaired) electrons. The second kappa shape index (κ2) is 15.2. The fourth-order valence-electron chi connectivity index (χ4n) is 10.3. The minimum Gasteiger partial charge on any atom is -0.457 e. The van der Waals surface area contributed by atoms with Crippen molar-refractivity contribution >= 4 is 10.8 Å². The number of para-hydroxylation sites is 2. The Morgan fingerprint density at radius 1 is 0.288 bits per heavy atom. The molecule has 0 saturated heterocycles. The van der Waals surface area contributed by atoms with Crippen LogP contribution in [0.4, 0.5) is 0 Å². The maximum atomic E-state index is 6.66. The Bertz CT molecular complexity index is 3610. The molecule has 0 amide bonds. The second-order valence-corrected chi connectivity index (χ2v) is 17.1. The molecule has 2 aliphatic rings. The number of hydrogen-bond acceptors (Lipinski definition) is 4. The third-order valence-corrected chi connectivity index (χ3v) is 13.4. The van der Waals surface area contributed by atoms with Gasteiger partial charge in [0.2, 0.25) is 0 Å². The standard InChI is InChI=1S/C62H39N3O/c1-3-14-40(15-4-1)41-26-30-45(31-27-41)60-63-59(44-17-5-2-6-18-44)64-61(65-60)46-32-28-42(29-33-46)47-19-13-20-48(38-47)49-34-36-51-55(39-49)62(54-37-35-43-16-7-8-21-50(43)58(51)54)52-22-9-11-24-56(52)66-57-25-12-10-23-53(57)62/h1-39H. The third kappa shape index (κ3) is 6.03. The fraction of sp³-hybridized carbons (Fsp3) is 0.0161. The van der Waals surface area contributed by atoms with Crippen LogP contribution >= 0.6 is 0 Å². The van der Waals surface area contributed by atoms with E-state index in [4.69, 9.17) is 19.7 Å². The number of fused-ring (bicyclic) bond motifs is 11. The molecule has 66 heavy (non-hydrogen) atoms. The Morgan fingerprint density at radius 3 is 1.36 bits per heavy atom. The molecule has 1 aromatic heterocycles. The summed E-state index contributed by atoms with van der Waals surface area (Å²) in [5.74, 6) is 3.68. The summed E-state index contributed by atoms with van der Waals surface area (Å²) >= 11 is 0. The zero-order chi connectivity index (χ0) is 43.6. The molecule has 0 atom stereocenters. The van der Waals surface area contributed by atoms with Crippen molar-refractivity contribution in [1.82, 2.24) is 15.0 Å². The van der Waals surface area contributed by atoms with Gasteiger partial charge in [-0.25, -0.2) is 15.0 Å². The normalized spacial score (nSPS) is 12.8. The lowest BCUT2D eigenvalue weighted by Gasteiger charge is -2.39. The van der Waals surface area contributed by atoms with Gasteiger partial charge in [0, 0.05) is 27.8 Å². The Labute approximate surface area is 383 Å². The van der Waals surface area contributed by atoms with E-state index in [0.717, 1.165) is 67.1 Å². The molecular weight excluding hydrogens is 803 g/mol. The van der Waals surface area contributed by atoms with Crippen LogP contribution in [0.3, 0.4) is 0 Å². The first kappa shape index (κ1) is 37.8. The van der Waals surface area contributed by atoms with Crippen molar-refractivity contribution in [3.63, 3.8) is 0 Å². The summed E-state index contributed by atoms with van der Waals surface area (Å²) in [5.41, 5.74) is 16.5. The van der Waals surface area contributed by atoms with Gasteiger partial charge in [0.05, 0.1) is 5.41 Å². The van der Waals surface area contributed by atoms with Gasteiger partial charge in [0.25, 0.3) is 0 Å². The highest BCUT2D eigenvalue weighted by atomic mass is 16.5. The van der Waals surface area contributed by atoms with Gasteiger partial charge in [-0.05, 0) is 90.7 Å².